The fourth-order valence-electron chi connectivity index (χ4n) is 1.33. The van der Waals surface area contributed by atoms with Crippen molar-refractivity contribution in [3.05, 3.63) is 18.2 Å². The van der Waals surface area contributed by atoms with Gasteiger partial charge in [-0.2, -0.15) is 0 Å². The standard InChI is InChI=1S/C10H16N4O3/c1-13(6-3-9(15)16)10(17)14(2)7-8-11-4-5-12-8/h4-5H,3,6-7H2,1-2H3,(H,11,12)(H,15,16). The van der Waals surface area contributed by atoms with E-state index in [2.05, 4.69) is 9.97 Å². The van der Waals surface area contributed by atoms with Crippen molar-refractivity contribution in [2.24, 2.45) is 0 Å². The fourth-order valence-corrected chi connectivity index (χ4v) is 1.33. The Balaban J connectivity index is 2.42. The van der Waals surface area contributed by atoms with E-state index in [1.54, 1.807) is 26.5 Å². The maximum Gasteiger partial charge on any atom is 0.319 e. The lowest BCUT2D eigenvalue weighted by atomic mass is 10.4. The number of carboxylic acid groups (broad SMARTS) is 1. The van der Waals surface area contributed by atoms with Crippen LogP contribution in [0.2, 0.25) is 0 Å². The second kappa shape index (κ2) is 5.88. The molecule has 1 aromatic heterocycles. The van der Waals surface area contributed by atoms with Gasteiger partial charge >= 0.3 is 12.0 Å². The third-order valence-electron chi connectivity index (χ3n) is 2.26. The van der Waals surface area contributed by atoms with E-state index in [9.17, 15) is 9.59 Å². The number of carboxylic acids is 1. The summed E-state index contributed by atoms with van der Waals surface area (Å²) in [6.45, 7) is 0.555. The summed E-state index contributed by atoms with van der Waals surface area (Å²) < 4.78 is 0. The fraction of sp³-hybridized carbons (Fsp3) is 0.500. The summed E-state index contributed by atoms with van der Waals surface area (Å²) in [5, 5.41) is 8.52. The third kappa shape index (κ3) is 4.13. The number of carbonyl (C=O) groups excluding carboxylic acids is 1. The van der Waals surface area contributed by atoms with Gasteiger partial charge in [0, 0.05) is 33.0 Å². The lowest BCUT2D eigenvalue weighted by molar-refractivity contribution is -0.137. The Morgan fingerprint density at radius 3 is 2.65 bits per heavy atom. The third-order valence-corrected chi connectivity index (χ3v) is 2.26. The van der Waals surface area contributed by atoms with E-state index in [4.69, 9.17) is 5.11 Å². The molecule has 7 nitrogen and oxygen atoms in total. The van der Waals surface area contributed by atoms with Crippen LogP contribution in [0.25, 0.3) is 0 Å². The molecule has 94 valence electrons. The number of hydrogen-bond donors (Lipinski definition) is 2. The number of aliphatic carboxylic acids is 1. The zero-order chi connectivity index (χ0) is 12.8. The van der Waals surface area contributed by atoms with Crippen molar-refractivity contribution >= 4 is 12.0 Å². The number of aromatic nitrogens is 2. The van der Waals surface area contributed by atoms with Crippen LogP contribution in [0.15, 0.2) is 12.4 Å². The molecule has 1 aromatic rings. The first-order valence-corrected chi connectivity index (χ1v) is 5.17. The zero-order valence-corrected chi connectivity index (χ0v) is 9.88. The minimum atomic E-state index is -0.918. The monoisotopic (exact) mass is 240 g/mol. The topological polar surface area (TPSA) is 89.5 Å². The van der Waals surface area contributed by atoms with Gasteiger partial charge in [0.25, 0.3) is 0 Å². The molecule has 17 heavy (non-hydrogen) atoms. The number of H-pyrrole nitrogens is 1. The lowest BCUT2D eigenvalue weighted by Crippen LogP contribution is -2.39. The largest absolute Gasteiger partial charge is 0.481 e. The summed E-state index contributed by atoms with van der Waals surface area (Å²) in [6.07, 6.45) is 3.24. The molecule has 0 aromatic carbocycles. The van der Waals surface area contributed by atoms with E-state index in [1.807, 2.05) is 0 Å². The Morgan fingerprint density at radius 2 is 2.12 bits per heavy atom. The highest BCUT2D eigenvalue weighted by Crippen LogP contribution is 2.00. The quantitative estimate of drug-likeness (QED) is 0.778. The molecule has 0 aliphatic rings. The van der Waals surface area contributed by atoms with Gasteiger partial charge in [0.15, 0.2) is 0 Å². The molecule has 2 amide bonds. The van der Waals surface area contributed by atoms with Gasteiger partial charge in [-0.15, -0.1) is 0 Å². The molecule has 0 saturated carbocycles. The summed E-state index contributed by atoms with van der Waals surface area (Å²) in [5.41, 5.74) is 0. The van der Waals surface area contributed by atoms with E-state index in [-0.39, 0.29) is 19.0 Å². The van der Waals surface area contributed by atoms with Crippen LogP contribution in [-0.2, 0) is 11.3 Å². The smallest absolute Gasteiger partial charge is 0.319 e. The molecule has 0 spiro atoms. The number of nitrogens with zero attached hydrogens (tertiary/aromatic N) is 3. The molecule has 1 rings (SSSR count). The second-order valence-electron chi connectivity index (χ2n) is 3.74. The SMILES string of the molecule is CN(CCC(=O)O)C(=O)N(C)Cc1ncc[nH]1. The van der Waals surface area contributed by atoms with Gasteiger partial charge in [0.1, 0.15) is 5.82 Å². The van der Waals surface area contributed by atoms with Crippen molar-refractivity contribution < 1.29 is 14.7 Å². The van der Waals surface area contributed by atoms with Crippen LogP contribution < -0.4 is 0 Å². The summed E-state index contributed by atoms with van der Waals surface area (Å²) in [6, 6.07) is -0.234. The van der Waals surface area contributed by atoms with Gasteiger partial charge in [0.2, 0.25) is 0 Å². The Morgan fingerprint density at radius 1 is 1.41 bits per heavy atom. The number of hydrogen-bond acceptors (Lipinski definition) is 3. The number of imidazole rings is 1. The van der Waals surface area contributed by atoms with Crippen molar-refractivity contribution in [1.29, 1.82) is 0 Å². The van der Waals surface area contributed by atoms with E-state index in [0.717, 1.165) is 0 Å². The minimum Gasteiger partial charge on any atom is -0.481 e. The molecule has 0 aliphatic heterocycles. The van der Waals surface area contributed by atoms with Crippen LogP contribution in [0.5, 0.6) is 0 Å². The normalized spacial score (nSPS) is 10.0. The highest BCUT2D eigenvalue weighted by molar-refractivity contribution is 5.74. The first-order chi connectivity index (χ1) is 8.00. The predicted octanol–water partition coefficient (Wildman–Crippen LogP) is 0.368. The molecule has 0 unspecified atom stereocenters. The lowest BCUT2D eigenvalue weighted by Gasteiger charge is -2.23. The van der Waals surface area contributed by atoms with Crippen molar-refractivity contribution in [2.75, 3.05) is 20.6 Å². The first kappa shape index (κ1) is 13.0. The number of nitrogens with one attached hydrogen (secondary N) is 1. The number of aromatic amines is 1. The Bertz CT molecular complexity index is 377. The van der Waals surface area contributed by atoms with Crippen LogP contribution in [0, 0.1) is 0 Å². The van der Waals surface area contributed by atoms with Gasteiger partial charge < -0.3 is 19.9 Å². The molecular weight excluding hydrogens is 224 g/mol. The van der Waals surface area contributed by atoms with E-state index in [0.29, 0.717) is 12.4 Å². The summed E-state index contributed by atoms with van der Waals surface area (Å²) in [7, 11) is 3.21. The van der Waals surface area contributed by atoms with Crippen LogP contribution in [0.3, 0.4) is 0 Å². The predicted molar refractivity (Wildman–Crippen MR) is 60.3 cm³/mol. The molecule has 0 fully saturated rings. The van der Waals surface area contributed by atoms with Crippen LogP contribution >= 0.6 is 0 Å². The summed E-state index contributed by atoms with van der Waals surface area (Å²) >= 11 is 0. The van der Waals surface area contributed by atoms with Gasteiger partial charge in [-0.1, -0.05) is 0 Å². The number of amides is 2. The van der Waals surface area contributed by atoms with Crippen molar-refractivity contribution in [3.8, 4) is 0 Å². The molecular formula is C10H16N4O3. The van der Waals surface area contributed by atoms with Crippen molar-refractivity contribution in [3.63, 3.8) is 0 Å². The van der Waals surface area contributed by atoms with Crippen LogP contribution in [0.4, 0.5) is 4.79 Å². The Hall–Kier alpha value is -2.05. The molecule has 7 heteroatoms. The maximum absolute atomic E-state index is 11.8. The average molecular weight is 240 g/mol. The summed E-state index contributed by atoms with van der Waals surface area (Å²) in [5.74, 6) is -0.231. The van der Waals surface area contributed by atoms with Crippen LogP contribution in [0.1, 0.15) is 12.2 Å². The molecule has 0 radical (unpaired) electrons. The Labute approximate surface area is 99.1 Å². The number of carbonyl (C=O) groups is 2. The van der Waals surface area contributed by atoms with Gasteiger partial charge in [0.05, 0.1) is 13.0 Å². The van der Waals surface area contributed by atoms with Gasteiger partial charge in [-0.05, 0) is 0 Å². The minimum absolute atomic E-state index is 0.0587. The van der Waals surface area contributed by atoms with E-state index < -0.39 is 5.97 Å². The number of rotatable bonds is 5. The molecule has 0 aliphatic carbocycles. The molecule has 1 heterocycles. The maximum atomic E-state index is 11.8. The Kier molecular flexibility index (Phi) is 4.50. The highest BCUT2D eigenvalue weighted by atomic mass is 16.4. The van der Waals surface area contributed by atoms with Crippen LogP contribution in [-0.4, -0.2) is 57.5 Å². The van der Waals surface area contributed by atoms with E-state index in [1.165, 1.54) is 9.80 Å². The summed E-state index contributed by atoms with van der Waals surface area (Å²) in [4.78, 5) is 31.9. The van der Waals surface area contributed by atoms with Crippen molar-refractivity contribution in [1.82, 2.24) is 19.8 Å². The van der Waals surface area contributed by atoms with Crippen molar-refractivity contribution in [2.45, 2.75) is 13.0 Å². The molecule has 0 atom stereocenters. The zero-order valence-electron chi connectivity index (χ0n) is 9.88. The second-order valence-corrected chi connectivity index (χ2v) is 3.74. The molecule has 0 saturated heterocycles. The average Bonchev–Trinajstić information content (AvgIpc) is 2.77. The highest BCUT2D eigenvalue weighted by Gasteiger charge is 2.15. The van der Waals surface area contributed by atoms with Gasteiger partial charge in [-0.3, -0.25) is 4.79 Å². The molecule has 2 N–H and O–H groups in total. The van der Waals surface area contributed by atoms with Gasteiger partial charge in [-0.25, -0.2) is 9.78 Å². The molecule has 0 bridgehead atoms. The first-order valence-electron chi connectivity index (χ1n) is 5.17. The van der Waals surface area contributed by atoms with E-state index >= 15 is 0 Å². The number of urea groups is 1.